The number of fused-ring (bicyclic) bond motifs is 1. The van der Waals surface area contributed by atoms with E-state index in [0.29, 0.717) is 11.1 Å². The highest BCUT2D eigenvalue weighted by Crippen LogP contribution is 2.11. The van der Waals surface area contributed by atoms with Crippen molar-refractivity contribution in [3.63, 3.8) is 0 Å². The van der Waals surface area contributed by atoms with E-state index in [1.54, 1.807) is 24.3 Å². The van der Waals surface area contributed by atoms with Gasteiger partial charge in [-0.05, 0) is 23.8 Å². The molecule has 14 heavy (non-hydrogen) atoms. The first kappa shape index (κ1) is 8.63. The van der Waals surface area contributed by atoms with Gasteiger partial charge in [-0.15, -0.1) is 0 Å². The molecule has 0 aromatic rings. The second-order valence-electron chi connectivity index (χ2n) is 3.02. The van der Waals surface area contributed by atoms with Crippen LogP contribution >= 0.6 is 0 Å². The molecule has 0 amide bonds. The van der Waals surface area contributed by atoms with Gasteiger partial charge in [0.25, 0.3) is 0 Å². The summed E-state index contributed by atoms with van der Waals surface area (Å²) in [5.74, 6) is 0. The highest BCUT2D eigenvalue weighted by atomic mass is 16.1. The lowest BCUT2D eigenvalue weighted by atomic mass is 10.1. The van der Waals surface area contributed by atoms with Gasteiger partial charge in [-0.3, -0.25) is 9.59 Å². The van der Waals surface area contributed by atoms with Crippen LogP contribution < -0.4 is 10.9 Å². The number of hydrogen-bond acceptors (Lipinski definition) is 2. The lowest BCUT2D eigenvalue weighted by Gasteiger charge is -1.90. The number of rotatable bonds is 0. The zero-order valence-corrected chi connectivity index (χ0v) is 7.44. The summed E-state index contributed by atoms with van der Waals surface area (Å²) >= 11 is 0. The molecule has 0 saturated carbocycles. The second-order valence-corrected chi connectivity index (χ2v) is 3.02. The summed E-state index contributed by atoms with van der Waals surface area (Å²) in [7, 11) is 0. The van der Waals surface area contributed by atoms with Gasteiger partial charge in [0, 0.05) is 5.56 Å². The van der Waals surface area contributed by atoms with Crippen molar-refractivity contribution in [2.24, 2.45) is 0 Å². The molecule has 0 saturated heterocycles. The fourth-order valence-corrected chi connectivity index (χ4v) is 1.36. The van der Waals surface area contributed by atoms with E-state index in [1.165, 1.54) is 18.2 Å². The van der Waals surface area contributed by atoms with Crippen LogP contribution in [0.25, 0.3) is 11.1 Å². The Balaban J connectivity index is 2.97. The predicted octanol–water partition coefficient (Wildman–Crippen LogP) is 1.51. The van der Waals surface area contributed by atoms with Gasteiger partial charge in [0.15, 0.2) is 10.9 Å². The first-order chi connectivity index (χ1) is 6.77. The Hall–Kier alpha value is -1.96. The molecule has 0 heterocycles. The second kappa shape index (κ2) is 3.42. The van der Waals surface area contributed by atoms with E-state index in [0.717, 1.165) is 0 Å². The van der Waals surface area contributed by atoms with Crippen LogP contribution in [0.1, 0.15) is 0 Å². The molecule has 0 N–H and O–H groups in total. The molecule has 0 aromatic heterocycles. The quantitative estimate of drug-likeness (QED) is 0.622. The zero-order valence-electron chi connectivity index (χ0n) is 7.44. The Labute approximate surface area is 80.8 Å². The largest absolute Gasteiger partial charge is 0.290 e. The van der Waals surface area contributed by atoms with Crippen molar-refractivity contribution in [2.75, 3.05) is 0 Å². The Bertz CT molecular complexity index is 546. The summed E-state index contributed by atoms with van der Waals surface area (Å²) in [6.45, 7) is 0. The van der Waals surface area contributed by atoms with E-state index in [2.05, 4.69) is 0 Å². The molecule has 0 unspecified atom stereocenters. The van der Waals surface area contributed by atoms with E-state index in [-0.39, 0.29) is 10.9 Å². The van der Waals surface area contributed by atoms with Crippen LogP contribution in [0.4, 0.5) is 0 Å². The summed E-state index contributed by atoms with van der Waals surface area (Å²) in [6.07, 6.45) is 0. The van der Waals surface area contributed by atoms with E-state index >= 15 is 0 Å². The third-order valence-corrected chi connectivity index (χ3v) is 2.03. The lowest BCUT2D eigenvalue weighted by molar-refractivity contribution is 1.64. The molecule has 68 valence electrons. The van der Waals surface area contributed by atoms with Gasteiger partial charge in [0.2, 0.25) is 0 Å². The van der Waals surface area contributed by atoms with Crippen LogP contribution in [-0.2, 0) is 0 Å². The molecule has 2 rings (SSSR count). The summed E-state index contributed by atoms with van der Waals surface area (Å²) in [5.41, 5.74) is 0.966. The van der Waals surface area contributed by atoms with Crippen molar-refractivity contribution in [2.45, 2.75) is 0 Å². The molecule has 0 aromatic carbocycles. The van der Waals surface area contributed by atoms with Crippen LogP contribution in [-0.4, -0.2) is 0 Å². The average molecular weight is 184 g/mol. The van der Waals surface area contributed by atoms with Gasteiger partial charge in [-0.25, -0.2) is 0 Å². The first-order valence-corrected chi connectivity index (χ1v) is 4.31. The topological polar surface area (TPSA) is 34.1 Å². The average Bonchev–Trinajstić information content (AvgIpc) is 2.44. The Morgan fingerprint density at radius 1 is 0.786 bits per heavy atom. The number of hydrogen-bond donors (Lipinski definition) is 0. The predicted molar refractivity (Wildman–Crippen MR) is 55.6 cm³/mol. The molecule has 2 aliphatic carbocycles. The molecule has 0 radical (unpaired) electrons. The summed E-state index contributed by atoms with van der Waals surface area (Å²) < 4.78 is 0. The maximum Gasteiger partial charge on any atom is 0.186 e. The van der Waals surface area contributed by atoms with E-state index in [4.69, 9.17) is 0 Å². The standard InChI is InChI=1S/C12H8O2/c13-10-6-7-12(14)11-5-3-1-2-4-9(11)8-10/h1-8H. The Morgan fingerprint density at radius 2 is 1.57 bits per heavy atom. The highest BCUT2D eigenvalue weighted by Gasteiger charge is 2.00. The SMILES string of the molecule is O=c1ccc(=O)c2cccccc-2c1. The van der Waals surface area contributed by atoms with Crippen LogP contribution in [0.2, 0.25) is 0 Å². The van der Waals surface area contributed by atoms with Crippen LogP contribution in [0, 0.1) is 0 Å². The third-order valence-electron chi connectivity index (χ3n) is 2.03. The van der Waals surface area contributed by atoms with Gasteiger partial charge in [-0.1, -0.05) is 30.3 Å². The lowest BCUT2D eigenvalue weighted by Crippen LogP contribution is -1.96. The normalized spacial score (nSPS) is 10.0. The summed E-state index contributed by atoms with van der Waals surface area (Å²) in [4.78, 5) is 22.7. The third kappa shape index (κ3) is 1.55. The molecule has 0 spiro atoms. The van der Waals surface area contributed by atoms with Crippen molar-refractivity contribution in [1.82, 2.24) is 0 Å². The van der Waals surface area contributed by atoms with E-state index in [1.807, 2.05) is 6.07 Å². The molecule has 0 aliphatic heterocycles. The van der Waals surface area contributed by atoms with Gasteiger partial charge < -0.3 is 0 Å². The van der Waals surface area contributed by atoms with E-state index in [9.17, 15) is 9.59 Å². The summed E-state index contributed by atoms with van der Waals surface area (Å²) in [6, 6.07) is 13.0. The fraction of sp³-hybridized carbons (Fsp3) is 0. The molecular formula is C12H8O2. The molecule has 2 nitrogen and oxygen atoms in total. The van der Waals surface area contributed by atoms with Gasteiger partial charge >= 0.3 is 0 Å². The monoisotopic (exact) mass is 184 g/mol. The highest BCUT2D eigenvalue weighted by molar-refractivity contribution is 5.62. The van der Waals surface area contributed by atoms with Crippen LogP contribution in [0.15, 0.2) is 58.1 Å². The fourth-order valence-electron chi connectivity index (χ4n) is 1.36. The smallest absolute Gasteiger partial charge is 0.186 e. The van der Waals surface area contributed by atoms with Crippen LogP contribution in [0.3, 0.4) is 0 Å². The van der Waals surface area contributed by atoms with Crippen molar-refractivity contribution >= 4 is 0 Å². The minimum Gasteiger partial charge on any atom is -0.290 e. The molecule has 0 bridgehead atoms. The molecule has 2 aliphatic rings. The van der Waals surface area contributed by atoms with Gasteiger partial charge in [-0.2, -0.15) is 0 Å². The van der Waals surface area contributed by atoms with E-state index < -0.39 is 0 Å². The van der Waals surface area contributed by atoms with Crippen LogP contribution in [0.5, 0.6) is 0 Å². The minimum atomic E-state index is -0.150. The van der Waals surface area contributed by atoms with Crippen molar-refractivity contribution < 1.29 is 0 Å². The minimum absolute atomic E-state index is 0.127. The molecule has 0 fully saturated rings. The van der Waals surface area contributed by atoms with Crippen molar-refractivity contribution in [3.05, 3.63) is 69.0 Å². The van der Waals surface area contributed by atoms with Crippen molar-refractivity contribution in [1.29, 1.82) is 0 Å². The first-order valence-electron chi connectivity index (χ1n) is 4.31. The Kier molecular flexibility index (Phi) is 2.11. The summed E-state index contributed by atoms with van der Waals surface area (Å²) in [5, 5.41) is 0. The Morgan fingerprint density at radius 3 is 2.43 bits per heavy atom. The maximum atomic E-state index is 11.5. The van der Waals surface area contributed by atoms with Gasteiger partial charge in [0.05, 0.1) is 0 Å². The molecule has 2 heteroatoms. The van der Waals surface area contributed by atoms with Gasteiger partial charge in [0.1, 0.15) is 0 Å². The molecular weight excluding hydrogens is 176 g/mol. The maximum absolute atomic E-state index is 11.5. The molecule has 0 atom stereocenters. The zero-order chi connectivity index (χ0) is 9.97. The van der Waals surface area contributed by atoms with Crippen molar-refractivity contribution in [3.8, 4) is 11.1 Å².